The summed E-state index contributed by atoms with van der Waals surface area (Å²) in [5, 5.41) is 12.5. The third-order valence-electron chi connectivity index (χ3n) is 7.06. The van der Waals surface area contributed by atoms with Crippen LogP contribution in [-0.4, -0.2) is 55.6 Å². The van der Waals surface area contributed by atoms with E-state index in [-0.39, 0.29) is 11.5 Å². The average Bonchev–Trinajstić information content (AvgIpc) is 3.53. The molecule has 5 rings (SSSR count). The summed E-state index contributed by atoms with van der Waals surface area (Å²) in [6, 6.07) is 18.1. The molecule has 3 heterocycles. The van der Waals surface area contributed by atoms with Crippen LogP contribution in [0.2, 0.25) is 0 Å². The third kappa shape index (κ3) is 4.84. The highest BCUT2D eigenvalue weighted by Crippen LogP contribution is 2.17. The number of fused-ring (bicyclic) bond motifs is 3. The zero-order valence-corrected chi connectivity index (χ0v) is 20.2. The number of benzene rings is 2. The lowest BCUT2D eigenvalue weighted by Crippen LogP contribution is -2.40. The first kappa shape index (κ1) is 23.2. The molecule has 1 fully saturated rings. The maximum atomic E-state index is 13.3. The molecule has 2 aromatic carbocycles. The molecule has 1 aliphatic rings. The highest BCUT2D eigenvalue weighted by Gasteiger charge is 2.23. The molecule has 1 amide bonds. The summed E-state index contributed by atoms with van der Waals surface area (Å²) in [7, 11) is 0. The number of nitrogens with zero attached hydrogens (tertiary/aromatic N) is 5. The summed E-state index contributed by atoms with van der Waals surface area (Å²) < 4.78 is 3.64. The van der Waals surface area contributed by atoms with E-state index in [1.807, 2.05) is 46.9 Å². The number of hydrogen-bond acceptors (Lipinski definition) is 5. The molecular weight excluding hydrogens is 440 g/mol. The molecule has 0 spiro atoms. The monoisotopic (exact) mass is 472 g/mol. The van der Waals surface area contributed by atoms with Crippen LogP contribution in [0.3, 0.4) is 0 Å². The number of aromatic nitrogens is 4. The van der Waals surface area contributed by atoms with Crippen LogP contribution >= 0.6 is 0 Å². The maximum absolute atomic E-state index is 13.3. The molecule has 182 valence electrons. The van der Waals surface area contributed by atoms with E-state index in [9.17, 15) is 9.59 Å². The van der Waals surface area contributed by atoms with Gasteiger partial charge in [0.25, 0.3) is 5.56 Å². The summed E-state index contributed by atoms with van der Waals surface area (Å²) in [6.07, 6.45) is 3.83. The number of aryl methyl sites for hydroxylation is 3. The van der Waals surface area contributed by atoms with Gasteiger partial charge < -0.3 is 5.32 Å². The second kappa shape index (κ2) is 10.4. The molecule has 8 nitrogen and oxygen atoms in total. The maximum Gasteiger partial charge on any atom is 0.262 e. The molecule has 0 aliphatic carbocycles. The normalized spacial score (nSPS) is 16.3. The second-order valence-electron chi connectivity index (χ2n) is 9.19. The number of hydrogen-bond donors (Lipinski definition) is 1. The minimum atomic E-state index is -0.0715. The van der Waals surface area contributed by atoms with Gasteiger partial charge in [0.1, 0.15) is 5.82 Å². The molecular formula is C27H32N6O2. The number of nitrogens with one attached hydrogen (secondary N) is 1. The Morgan fingerprint density at radius 1 is 1.06 bits per heavy atom. The van der Waals surface area contributed by atoms with Gasteiger partial charge in [0.15, 0.2) is 0 Å². The number of carbonyl (C=O) groups excluding carboxylic acids is 1. The lowest BCUT2D eigenvalue weighted by molar-refractivity contribution is -0.121. The zero-order valence-electron chi connectivity index (χ0n) is 20.2. The van der Waals surface area contributed by atoms with Gasteiger partial charge in [-0.05, 0) is 50.0 Å². The fourth-order valence-corrected chi connectivity index (χ4v) is 5.15. The van der Waals surface area contributed by atoms with Crippen molar-refractivity contribution >= 4 is 22.6 Å². The topological polar surface area (TPSA) is 84.5 Å². The second-order valence-corrected chi connectivity index (χ2v) is 9.19. The van der Waals surface area contributed by atoms with Gasteiger partial charge in [-0.25, -0.2) is 0 Å². The first-order chi connectivity index (χ1) is 17.2. The van der Waals surface area contributed by atoms with Crippen molar-refractivity contribution in [2.75, 3.05) is 19.6 Å². The van der Waals surface area contributed by atoms with E-state index >= 15 is 0 Å². The van der Waals surface area contributed by atoms with Gasteiger partial charge in [-0.15, -0.1) is 10.2 Å². The van der Waals surface area contributed by atoms with Gasteiger partial charge in [-0.2, -0.15) is 0 Å². The van der Waals surface area contributed by atoms with Crippen LogP contribution in [0.4, 0.5) is 0 Å². The Morgan fingerprint density at radius 2 is 1.86 bits per heavy atom. The van der Waals surface area contributed by atoms with E-state index in [0.717, 1.165) is 37.0 Å². The van der Waals surface area contributed by atoms with Crippen LogP contribution in [0.15, 0.2) is 59.4 Å². The Balaban J connectivity index is 1.37. The van der Waals surface area contributed by atoms with Gasteiger partial charge in [0.05, 0.1) is 10.9 Å². The number of likely N-dealkylation sites (tertiary alicyclic amines) is 1. The molecule has 1 saturated heterocycles. The van der Waals surface area contributed by atoms with Gasteiger partial charge in [0.2, 0.25) is 11.7 Å². The molecule has 35 heavy (non-hydrogen) atoms. The van der Waals surface area contributed by atoms with Crippen LogP contribution in [0.1, 0.15) is 37.6 Å². The van der Waals surface area contributed by atoms with E-state index in [0.29, 0.717) is 49.0 Å². The number of likely N-dealkylation sites (N-methyl/N-ethyl adjacent to an activating group) is 1. The average molecular weight is 473 g/mol. The number of carbonyl (C=O) groups is 1. The molecule has 4 aromatic rings. The van der Waals surface area contributed by atoms with E-state index in [4.69, 9.17) is 0 Å². The van der Waals surface area contributed by atoms with Crippen molar-refractivity contribution in [1.29, 1.82) is 0 Å². The van der Waals surface area contributed by atoms with Gasteiger partial charge in [-0.3, -0.25) is 23.5 Å². The van der Waals surface area contributed by atoms with Gasteiger partial charge in [-0.1, -0.05) is 49.4 Å². The predicted octanol–water partition coefficient (Wildman–Crippen LogP) is 2.82. The Morgan fingerprint density at radius 3 is 2.69 bits per heavy atom. The van der Waals surface area contributed by atoms with Crippen LogP contribution in [0.5, 0.6) is 0 Å². The minimum Gasteiger partial charge on any atom is -0.355 e. The lowest BCUT2D eigenvalue weighted by Gasteiger charge is -2.22. The molecule has 8 heteroatoms. The van der Waals surface area contributed by atoms with Crippen molar-refractivity contribution in [3.63, 3.8) is 0 Å². The lowest BCUT2D eigenvalue weighted by atomic mass is 10.1. The molecule has 1 aliphatic heterocycles. The van der Waals surface area contributed by atoms with E-state index in [2.05, 4.69) is 39.5 Å². The van der Waals surface area contributed by atoms with Crippen LogP contribution < -0.4 is 10.9 Å². The Labute approximate surface area is 204 Å². The summed E-state index contributed by atoms with van der Waals surface area (Å²) in [6.45, 7) is 5.49. The van der Waals surface area contributed by atoms with E-state index < -0.39 is 0 Å². The van der Waals surface area contributed by atoms with Crippen molar-refractivity contribution in [2.24, 2.45) is 0 Å². The summed E-state index contributed by atoms with van der Waals surface area (Å²) in [4.78, 5) is 28.4. The smallest absolute Gasteiger partial charge is 0.262 e. The SMILES string of the molecule is CCN1CCC[C@H]1CNC(=O)CCc1nnc2n(CCc3ccccc3)c(=O)c3ccccc3n12. The molecule has 0 radical (unpaired) electrons. The largest absolute Gasteiger partial charge is 0.355 e. The Bertz CT molecular complexity index is 1380. The highest BCUT2D eigenvalue weighted by atomic mass is 16.1. The fourth-order valence-electron chi connectivity index (χ4n) is 5.15. The molecule has 1 N–H and O–H groups in total. The van der Waals surface area contributed by atoms with Crippen LogP contribution in [-0.2, 0) is 24.2 Å². The van der Waals surface area contributed by atoms with Crippen molar-refractivity contribution < 1.29 is 4.79 Å². The standard InChI is InChI=1S/C27H32N6O2/c1-2-31-17-8-11-21(31)19-28-25(34)15-14-24-29-30-27-32(18-16-20-9-4-3-5-10-20)26(35)22-12-6-7-13-23(22)33(24)27/h3-7,9-10,12-13,21H,2,8,11,14-19H2,1H3,(H,28,34)/t21-/m0/s1. The third-order valence-corrected chi connectivity index (χ3v) is 7.06. The molecule has 1 atom stereocenters. The molecule has 2 aromatic heterocycles. The number of para-hydroxylation sites is 1. The van der Waals surface area contributed by atoms with Gasteiger partial charge in [0, 0.05) is 32.0 Å². The van der Waals surface area contributed by atoms with E-state index in [1.165, 1.54) is 6.42 Å². The number of amides is 1. The Hall–Kier alpha value is -3.52. The first-order valence-electron chi connectivity index (χ1n) is 12.6. The van der Waals surface area contributed by atoms with E-state index in [1.54, 1.807) is 4.57 Å². The summed E-state index contributed by atoms with van der Waals surface area (Å²) in [5.41, 5.74) is 1.86. The molecule has 0 saturated carbocycles. The van der Waals surface area contributed by atoms with Crippen molar-refractivity contribution in [3.8, 4) is 0 Å². The van der Waals surface area contributed by atoms with Crippen molar-refractivity contribution in [3.05, 3.63) is 76.3 Å². The number of rotatable bonds is 9. The summed E-state index contributed by atoms with van der Waals surface area (Å²) >= 11 is 0. The first-order valence-corrected chi connectivity index (χ1v) is 12.6. The van der Waals surface area contributed by atoms with Crippen molar-refractivity contribution in [1.82, 2.24) is 29.4 Å². The summed E-state index contributed by atoms with van der Waals surface area (Å²) in [5.74, 6) is 1.23. The minimum absolute atomic E-state index is 0.0198. The zero-order chi connectivity index (χ0) is 24.2. The van der Waals surface area contributed by atoms with Crippen LogP contribution in [0, 0.1) is 0 Å². The fraction of sp³-hybridized carbons (Fsp3) is 0.407. The Kier molecular flexibility index (Phi) is 6.90. The molecule has 0 bridgehead atoms. The molecule has 0 unspecified atom stereocenters. The van der Waals surface area contributed by atoms with Crippen LogP contribution in [0.25, 0.3) is 16.7 Å². The highest BCUT2D eigenvalue weighted by molar-refractivity contribution is 5.80. The quantitative estimate of drug-likeness (QED) is 0.405. The predicted molar refractivity (Wildman–Crippen MR) is 136 cm³/mol. The van der Waals surface area contributed by atoms with Crippen molar-refractivity contribution in [2.45, 2.75) is 51.6 Å². The van der Waals surface area contributed by atoms with Gasteiger partial charge >= 0.3 is 0 Å².